The number of hydrogen-bond donors (Lipinski definition) is 1. The number of hydrogen-bond acceptors (Lipinski definition) is 5. The van der Waals surface area contributed by atoms with E-state index in [0.717, 1.165) is 0 Å². The van der Waals surface area contributed by atoms with E-state index >= 15 is 0 Å². The number of likely N-dealkylation sites (tertiary alicyclic amines) is 1. The van der Waals surface area contributed by atoms with Crippen molar-refractivity contribution in [1.82, 2.24) is 15.0 Å². The molecule has 1 aromatic heterocycles. The van der Waals surface area contributed by atoms with Crippen molar-refractivity contribution in [2.24, 2.45) is 5.92 Å². The average Bonchev–Trinajstić information content (AvgIpc) is 3.11. The molecule has 1 N–H and O–H groups in total. The molecular formula is C18H20FN3O4. The summed E-state index contributed by atoms with van der Waals surface area (Å²) in [4.78, 5) is 29.2. The van der Waals surface area contributed by atoms with Gasteiger partial charge in [0.2, 0.25) is 17.6 Å². The number of carboxylic acids is 1. The number of carbonyl (C=O) groups excluding carboxylic acids is 1. The quantitative estimate of drug-likeness (QED) is 0.879. The number of nitrogens with zero attached hydrogens (tertiary/aromatic N) is 3. The van der Waals surface area contributed by atoms with E-state index in [-0.39, 0.29) is 31.1 Å². The van der Waals surface area contributed by atoms with E-state index in [9.17, 15) is 14.0 Å². The van der Waals surface area contributed by atoms with Gasteiger partial charge in [0.1, 0.15) is 5.82 Å². The third kappa shape index (κ3) is 4.07. The molecule has 1 saturated heterocycles. The molecule has 1 aliphatic rings. The highest BCUT2D eigenvalue weighted by Gasteiger charge is 2.28. The van der Waals surface area contributed by atoms with Gasteiger partial charge in [-0.15, -0.1) is 0 Å². The molecule has 26 heavy (non-hydrogen) atoms. The Morgan fingerprint density at radius 1 is 1.42 bits per heavy atom. The number of carboxylic acid groups (broad SMARTS) is 1. The molecule has 3 rings (SSSR count). The van der Waals surface area contributed by atoms with Gasteiger partial charge < -0.3 is 14.5 Å². The molecule has 8 heteroatoms. The Labute approximate surface area is 149 Å². The molecule has 0 aliphatic carbocycles. The van der Waals surface area contributed by atoms with E-state index in [1.165, 1.54) is 6.07 Å². The second kappa shape index (κ2) is 7.63. The lowest BCUT2D eigenvalue weighted by molar-refractivity contribution is -0.145. The van der Waals surface area contributed by atoms with Crippen LogP contribution >= 0.6 is 0 Å². The molecule has 0 bridgehead atoms. The van der Waals surface area contributed by atoms with Crippen LogP contribution in [-0.2, 0) is 16.0 Å². The third-order valence-electron chi connectivity index (χ3n) is 4.56. The average molecular weight is 361 g/mol. The van der Waals surface area contributed by atoms with Crippen molar-refractivity contribution in [1.29, 1.82) is 0 Å². The number of carbonyl (C=O) groups is 2. The summed E-state index contributed by atoms with van der Waals surface area (Å²) in [6.07, 6.45) is 1.75. The summed E-state index contributed by atoms with van der Waals surface area (Å²) in [5, 5.41) is 13.0. The predicted octanol–water partition coefficient (Wildman–Crippen LogP) is 2.44. The van der Waals surface area contributed by atoms with Gasteiger partial charge in [-0.3, -0.25) is 9.59 Å². The van der Waals surface area contributed by atoms with Crippen LogP contribution in [0.4, 0.5) is 4.39 Å². The first-order chi connectivity index (χ1) is 12.4. The maximum Gasteiger partial charge on any atom is 0.308 e. The molecule has 138 valence electrons. The fraction of sp³-hybridized carbons (Fsp3) is 0.444. The predicted molar refractivity (Wildman–Crippen MR) is 89.7 cm³/mol. The maximum absolute atomic E-state index is 13.3. The molecule has 2 heterocycles. The molecule has 0 saturated carbocycles. The number of aryl methyl sites for hydroxylation is 2. The van der Waals surface area contributed by atoms with Gasteiger partial charge in [0.25, 0.3) is 0 Å². The number of aliphatic carboxylic acids is 1. The second-order valence-electron chi connectivity index (χ2n) is 6.49. The lowest BCUT2D eigenvalue weighted by Gasteiger charge is -2.30. The SMILES string of the molecule is Cc1cc(-c2noc(CCC(=O)N3CCC[C@H](C(=O)O)C3)n2)ccc1F. The summed E-state index contributed by atoms with van der Waals surface area (Å²) in [7, 11) is 0. The highest BCUT2D eigenvalue weighted by atomic mass is 19.1. The summed E-state index contributed by atoms with van der Waals surface area (Å²) in [6, 6.07) is 4.55. The summed E-state index contributed by atoms with van der Waals surface area (Å²) in [5.74, 6) is -1.11. The molecule has 1 aliphatic heterocycles. The summed E-state index contributed by atoms with van der Waals surface area (Å²) in [5.41, 5.74) is 1.13. The Kier molecular flexibility index (Phi) is 5.29. The van der Waals surface area contributed by atoms with Gasteiger partial charge in [0, 0.05) is 31.5 Å². The first-order valence-electron chi connectivity index (χ1n) is 8.53. The van der Waals surface area contributed by atoms with Gasteiger partial charge in [-0.25, -0.2) is 4.39 Å². The number of halogens is 1. The second-order valence-corrected chi connectivity index (χ2v) is 6.49. The van der Waals surface area contributed by atoms with Crippen molar-refractivity contribution in [2.45, 2.75) is 32.6 Å². The van der Waals surface area contributed by atoms with Crippen molar-refractivity contribution in [3.63, 3.8) is 0 Å². The summed E-state index contributed by atoms with van der Waals surface area (Å²) in [6.45, 7) is 2.48. The van der Waals surface area contributed by atoms with E-state index in [0.29, 0.717) is 42.2 Å². The molecule has 0 spiro atoms. The number of aromatic nitrogens is 2. The minimum atomic E-state index is -0.862. The topological polar surface area (TPSA) is 96.5 Å². The Morgan fingerprint density at radius 3 is 2.96 bits per heavy atom. The van der Waals surface area contributed by atoms with Crippen LogP contribution in [0, 0.1) is 18.7 Å². The number of piperidine rings is 1. The Balaban J connectivity index is 1.58. The standard InChI is InChI=1S/C18H20FN3O4/c1-11-9-12(4-5-14(11)19)17-20-15(26-21-17)6-7-16(23)22-8-2-3-13(10-22)18(24)25/h4-5,9,13H,2-3,6-8,10H2,1H3,(H,24,25)/t13-/m0/s1. The molecule has 1 amide bonds. The van der Waals surface area contributed by atoms with Crippen molar-refractivity contribution in [3.8, 4) is 11.4 Å². The number of rotatable bonds is 5. The van der Waals surface area contributed by atoms with E-state index in [1.54, 1.807) is 24.0 Å². The molecular weight excluding hydrogens is 341 g/mol. The Morgan fingerprint density at radius 2 is 2.23 bits per heavy atom. The highest BCUT2D eigenvalue weighted by Crippen LogP contribution is 2.20. The summed E-state index contributed by atoms with van der Waals surface area (Å²) >= 11 is 0. The van der Waals surface area contributed by atoms with Gasteiger partial charge in [0.05, 0.1) is 5.92 Å². The van der Waals surface area contributed by atoms with E-state index in [4.69, 9.17) is 9.63 Å². The fourth-order valence-electron chi connectivity index (χ4n) is 3.03. The van der Waals surface area contributed by atoms with Crippen LogP contribution in [0.2, 0.25) is 0 Å². The van der Waals surface area contributed by atoms with Crippen molar-refractivity contribution in [2.75, 3.05) is 13.1 Å². The van der Waals surface area contributed by atoms with Crippen LogP contribution in [0.5, 0.6) is 0 Å². The van der Waals surface area contributed by atoms with Gasteiger partial charge in [0.15, 0.2) is 0 Å². The van der Waals surface area contributed by atoms with Crippen LogP contribution in [0.25, 0.3) is 11.4 Å². The zero-order chi connectivity index (χ0) is 18.7. The first kappa shape index (κ1) is 18.0. The first-order valence-corrected chi connectivity index (χ1v) is 8.53. The molecule has 7 nitrogen and oxygen atoms in total. The molecule has 0 unspecified atom stereocenters. The minimum Gasteiger partial charge on any atom is -0.481 e. The fourth-order valence-corrected chi connectivity index (χ4v) is 3.03. The zero-order valence-electron chi connectivity index (χ0n) is 14.4. The largest absolute Gasteiger partial charge is 0.481 e. The van der Waals surface area contributed by atoms with Gasteiger partial charge >= 0.3 is 5.97 Å². The molecule has 1 aromatic carbocycles. The lowest BCUT2D eigenvalue weighted by Crippen LogP contribution is -2.42. The van der Waals surface area contributed by atoms with E-state index in [1.807, 2.05) is 0 Å². The molecule has 1 fully saturated rings. The van der Waals surface area contributed by atoms with E-state index < -0.39 is 11.9 Å². The Hall–Kier alpha value is -2.77. The Bertz CT molecular complexity index is 821. The monoisotopic (exact) mass is 361 g/mol. The van der Waals surface area contributed by atoms with Gasteiger partial charge in [-0.1, -0.05) is 5.16 Å². The molecule has 1 atom stereocenters. The van der Waals surface area contributed by atoms with Crippen molar-refractivity contribution >= 4 is 11.9 Å². The van der Waals surface area contributed by atoms with Crippen LogP contribution in [0.3, 0.4) is 0 Å². The number of benzene rings is 1. The van der Waals surface area contributed by atoms with Crippen molar-refractivity contribution in [3.05, 3.63) is 35.5 Å². The van der Waals surface area contributed by atoms with Crippen LogP contribution in [0.15, 0.2) is 22.7 Å². The minimum absolute atomic E-state index is 0.117. The normalized spacial score (nSPS) is 17.3. The van der Waals surface area contributed by atoms with E-state index in [2.05, 4.69) is 10.1 Å². The third-order valence-corrected chi connectivity index (χ3v) is 4.56. The molecule has 2 aromatic rings. The zero-order valence-corrected chi connectivity index (χ0v) is 14.4. The van der Waals surface area contributed by atoms with Crippen molar-refractivity contribution < 1.29 is 23.6 Å². The lowest BCUT2D eigenvalue weighted by atomic mass is 9.98. The smallest absolute Gasteiger partial charge is 0.308 e. The highest BCUT2D eigenvalue weighted by molar-refractivity contribution is 5.78. The van der Waals surface area contributed by atoms with Crippen LogP contribution in [0.1, 0.15) is 30.7 Å². The van der Waals surface area contributed by atoms with Gasteiger partial charge in [-0.05, 0) is 43.5 Å². The van der Waals surface area contributed by atoms with Crippen LogP contribution < -0.4 is 0 Å². The number of amides is 1. The summed E-state index contributed by atoms with van der Waals surface area (Å²) < 4.78 is 18.5. The molecule has 0 radical (unpaired) electrons. The maximum atomic E-state index is 13.3. The van der Waals surface area contributed by atoms with Gasteiger partial charge in [-0.2, -0.15) is 4.98 Å². The van der Waals surface area contributed by atoms with Crippen LogP contribution in [-0.4, -0.2) is 45.1 Å².